The van der Waals surface area contributed by atoms with Crippen molar-refractivity contribution in [1.29, 1.82) is 0 Å². The average Bonchev–Trinajstić information content (AvgIpc) is 2.76. The second-order valence-corrected chi connectivity index (χ2v) is 8.48. The number of hydrogen-bond acceptors (Lipinski definition) is 6. The monoisotopic (exact) mass is 435 g/mol. The number of aliphatic hydroxyl groups excluding tert-OH is 2. The Hall–Kier alpha value is -2.16. The van der Waals surface area contributed by atoms with Gasteiger partial charge in [0.25, 0.3) is 5.91 Å². The van der Waals surface area contributed by atoms with Gasteiger partial charge in [0, 0.05) is 30.8 Å². The first-order valence-corrected chi connectivity index (χ1v) is 11.2. The Bertz CT molecular complexity index is 710. The van der Waals surface area contributed by atoms with Gasteiger partial charge in [0.15, 0.2) is 0 Å². The molecule has 0 bridgehead atoms. The molecule has 0 saturated carbocycles. The van der Waals surface area contributed by atoms with Crippen LogP contribution >= 0.6 is 0 Å². The van der Waals surface area contributed by atoms with Crippen molar-refractivity contribution in [3.8, 4) is 5.75 Å². The van der Waals surface area contributed by atoms with E-state index in [1.165, 1.54) is 0 Å². The summed E-state index contributed by atoms with van der Waals surface area (Å²) in [5, 5.41) is 24.2. The van der Waals surface area contributed by atoms with Gasteiger partial charge in [-0.3, -0.25) is 14.5 Å². The molecule has 1 aromatic rings. The van der Waals surface area contributed by atoms with Crippen molar-refractivity contribution in [2.45, 2.75) is 52.2 Å². The van der Waals surface area contributed by atoms with Crippen molar-refractivity contribution in [1.82, 2.24) is 15.5 Å². The van der Waals surface area contributed by atoms with E-state index in [1.54, 1.807) is 12.1 Å². The number of carbonyl (C=O) groups is 2. The minimum absolute atomic E-state index is 0.0153. The normalized spacial score (nSPS) is 17.4. The molecule has 1 unspecified atom stereocenters. The second kappa shape index (κ2) is 13.3. The smallest absolute Gasteiger partial charge is 0.251 e. The lowest BCUT2D eigenvalue weighted by Gasteiger charge is -2.25. The van der Waals surface area contributed by atoms with Gasteiger partial charge >= 0.3 is 0 Å². The Kier molecular flexibility index (Phi) is 10.8. The molecular weight excluding hydrogens is 398 g/mol. The van der Waals surface area contributed by atoms with Crippen molar-refractivity contribution in [3.63, 3.8) is 0 Å². The summed E-state index contributed by atoms with van der Waals surface area (Å²) >= 11 is 0. The standard InChI is InChI=1S/C23H37N3O5/c1-17(2)9-11-26-14-20-19(23(30)25-13-18(28)16-27)7-6-8-21(20)31-12-5-3-4-10-24-22(29)15-26/h6-8,17-18,27-28H,3-5,9-16H2,1-2H3,(H,24,29)(H,25,30). The van der Waals surface area contributed by atoms with Crippen LogP contribution in [-0.4, -0.2) is 72.4 Å². The molecule has 0 aromatic heterocycles. The number of benzene rings is 1. The number of carbonyl (C=O) groups excluding carboxylic acids is 2. The van der Waals surface area contributed by atoms with Crippen molar-refractivity contribution in [3.05, 3.63) is 29.3 Å². The number of hydrogen-bond donors (Lipinski definition) is 4. The minimum Gasteiger partial charge on any atom is -0.493 e. The van der Waals surface area contributed by atoms with Gasteiger partial charge in [-0.2, -0.15) is 0 Å². The van der Waals surface area contributed by atoms with Crippen LogP contribution < -0.4 is 15.4 Å². The van der Waals surface area contributed by atoms with Crippen LogP contribution in [0.15, 0.2) is 18.2 Å². The van der Waals surface area contributed by atoms with E-state index in [2.05, 4.69) is 29.4 Å². The number of nitrogens with one attached hydrogen (secondary N) is 2. The number of aliphatic hydroxyl groups is 2. The van der Waals surface area contributed by atoms with Gasteiger partial charge in [-0.1, -0.05) is 19.9 Å². The highest BCUT2D eigenvalue weighted by Gasteiger charge is 2.21. The highest BCUT2D eigenvalue weighted by atomic mass is 16.5. The number of rotatable bonds is 7. The van der Waals surface area contributed by atoms with Crippen molar-refractivity contribution < 1.29 is 24.5 Å². The Morgan fingerprint density at radius 1 is 1.26 bits per heavy atom. The SMILES string of the molecule is CC(C)CCN1CC(=O)NCCCCCOc2cccc(C(=O)NCC(O)CO)c2C1. The maximum atomic E-state index is 12.8. The molecule has 1 atom stereocenters. The predicted octanol–water partition coefficient (Wildman–Crippen LogP) is 1.30. The van der Waals surface area contributed by atoms with Crippen LogP contribution in [0, 0.1) is 5.92 Å². The lowest BCUT2D eigenvalue weighted by Crippen LogP contribution is -2.39. The molecule has 0 saturated heterocycles. The summed E-state index contributed by atoms with van der Waals surface area (Å²) in [5.74, 6) is 0.774. The molecule has 4 N–H and O–H groups in total. The molecule has 0 spiro atoms. The Morgan fingerprint density at radius 2 is 2.06 bits per heavy atom. The minimum atomic E-state index is -1.01. The molecule has 0 aliphatic carbocycles. The predicted molar refractivity (Wildman–Crippen MR) is 119 cm³/mol. The van der Waals surface area contributed by atoms with E-state index >= 15 is 0 Å². The average molecular weight is 436 g/mol. The summed E-state index contributed by atoms with van der Waals surface area (Å²) in [7, 11) is 0. The van der Waals surface area contributed by atoms with Crippen LogP contribution in [-0.2, 0) is 11.3 Å². The van der Waals surface area contributed by atoms with Gasteiger partial charge in [0.05, 0.1) is 25.9 Å². The molecule has 8 nitrogen and oxygen atoms in total. The molecule has 31 heavy (non-hydrogen) atoms. The first kappa shape index (κ1) is 25.1. The van der Waals surface area contributed by atoms with Crippen molar-refractivity contribution >= 4 is 11.8 Å². The van der Waals surface area contributed by atoms with Gasteiger partial charge in [0.2, 0.25) is 5.91 Å². The summed E-state index contributed by atoms with van der Waals surface area (Å²) in [6, 6.07) is 5.36. The molecule has 2 amide bonds. The fourth-order valence-electron chi connectivity index (χ4n) is 3.40. The fraction of sp³-hybridized carbons (Fsp3) is 0.652. The topological polar surface area (TPSA) is 111 Å². The third-order valence-corrected chi connectivity index (χ3v) is 5.26. The molecule has 8 heteroatoms. The van der Waals surface area contributed by atoms with Crippen LogP contribution in [0.4, 0.5) is 0 Å². The Balaban J connectivity index is 2.31. The number of nitrogens with zero attached hydrogens (tertiary/aromatic N) is 1. The first-order chi connectivity index (χ1) is 14.9. The van der Waals surface area contributed by atoms with E-state index in [0.29, 0.717) is 36.9 Å². The van der Waals surface area contributed by atoms with E-state index in [1.807, 2.05) is 6.07 Å². The van der Waals surface area contributed by atoms with Crippen LogP contribution in [0.2, 0.25) is 0 Å². The molecule has 2 rings (SSSR count). The molecule has 1 heterocycles. The third-order valence-electron chi connectivity index (χ3n) is 5.26. The van der Waals surface area contributed by atoms with Crippen LogP contribution in [0.5, 0.6) is 5.75 Å². The Morgan fingerprint density at radius 3 is 2.81 bits per heavy atom. The van der Waals surface area contributed by atoms with E-state index in [0.717, 1.165) is 37.8 Å². The largest absolute Gasteiger partial charge is 0.493 e. The number of fused-ring (bicyclic) bond motifs is 1. The van der Waals surface area contributed by atoms with E-state index < -0.39 is 12.7 Å². The van der Waals surface area contributed by atoms with Gasteiger partial charge in [-0.25, -0.2) is 0 Å². The molecule has 1 aliphatic rings. The maximum absolute atomic E-state index is 12.8. The van der Waals surface area contributed by atoms with Gasteiger partial charge in [-0.15, -0.1) is 0 Å². The number of amides is 2. The molecule has 0 fully saturated rings. The van der Waals surface area contributed by atoms with Crippen LogP contribution in [0.3, 0.4) is 0 Å². The summed E-state index contributed by atoms with van der Waals surface area (Å²) < 4.78 is 6.04. The fourth-order valence-corrected chi connectivity index (χ4v) is 3.40. The van der Waals surface area contributed by atoms with E-state index in [9.17, 15) is 14.7 Å². The summed E-state index contributed by atoms with van der Waals surface area (Å²) in [4.78, 5) is 27.4. The zero-order chi connectivity index (χ0) is 22.6. The summed E-state index contributed by atoms with van der Waals surface area (Å²) in [6.45, 7) is 6.41. The van der Waals surface area contributed by atoms with Crippen molar-refractivity contribution in [2.24, 2.45) is 5.92 Å². The second-order valence-electron chi connectivity index (χ2n) is 8.48. The molecular formula is C23H37N3O5. The first-order valence-electron chi connectivity index (χ1n) is 11.2. The maximum Gasteiger partial charge on any atom is 0.251 e. The van der Waals surface area contributed by atoms with Gasteiger partial charge < -0.3 is 25.6 Å². The third kappa shape index (κ3) is 8.85. The van der Waals surface area contributed by atoms with Crippen LogP contribution in [0.25, 0.3) is 0 Å². The van der Waals surface area contributed by atoms with Gasteiger partial charge in [0.1, 0.15) is 5.75 Å². The zero-order valence-electron chi connectivity index (χ0n) is 18.7. The summed E-state index contributed by atoms with van der Waals surface area (Å²) in [5.41, 5.74) is 1.18. The Labute approximate surface area is 185 Å². The lowest BCUT2D eigenvalue weighted by atomic mass is 10.0. The highest BCUT2D eigenvalue weighted by Crippen LogP contribution is 2.25. The number of ether oxygens (including phenoxy) is 1. The zero-order valence-corrected chi connectivity index (χ0v) is 18.7. The molecule has 0 radical (unpaired) electrons. The molecule has 1 aromatic carbocycles. The van der Waals surface area contributed by atoms with Gasteiger partial charge in [-0.05, 0) is 50.3 Å². The molecule has 174 valence electrons. The summed E-state index contributed by atoms with van der Waals surface area (Å²) in [6.07, 6.45) is 2.64. The van der Waals surface area contributed by atoms with E-state index in [4.69, 9.17) is 9.84 Å². The highest BCUT2D eigenvalue weighted by molar-refractivity contribution is 5.96. The quantitative estimate of drug-likeness (QED) is 0.514. The lowest BCUT2D eigenvalue weighted by molar-refractivity contribution is -0.122. The van der Waals surface area contributed by atoms with Crippen molar-refractivity contribution in [2.75, 3.05) is 39.4 Å². The molecule has 1 aliphatic heterocycles. The van der Waals surface area contributed by atoms with Crippen LogP contribution in [0.1, 0.15) is 55.5 Å². The van der Waals surface area contributed by atoms with E-state index in [-0.39, 0.29) is 24.9 Å².